The summed E-state index contributed by atoms with van der Waals surface area (Å²) in [6.45, 7) is 3.50. The summed E-state index contributed by atoms with van der Waals surface area (Å²) in [5.74, 6) is -0.364. The number of H-pyrrole nitrogens is 1. The molecule has 1 aromatic heterocycles. The van der Waals surface area contributed by atoms with Gasteiger partial charge in [0, 0.05) is 17.5 Å². The van der Waals surface area contributed by atoms with Gasteiger partial charge in [-0.3, -0.25) is 9.59 Å². The second-order valence-corrected chi connectivity index (χ2v) is 5.14. The summed E-state index contributed by atoms with van der Waals surface area (Å²) in [5, 5.41) is 9.21. The summed E-state index contributed by atoms with van der Waals surface area (Å²) in [7, 11) is 0. The van der Waals surface area contributed by atoms with Crippen molar-refractivity contribution in [3.05, 3.63) is 33.4 Å². The number of hydrogen-bond acceptors (Lipinski definition) is 6. The first kappa shape index (κ1) is 16.0. The van der Waals surface area contributed by atoms with Crippen LogP contribution in [0, 0.1) is 11.3 Å². The lowest BCUT2D eigenvalue weighted by atomic mass is 10.2. The van der Waals surface area contributed by atoms with Gasteiger partial charge in [-0.05, 0) is 13.3 Å². The normalized spacial score (nSPS) is 11.7. The molecule has 6 nitrogen and oxygen atoms in total. The molecule has 0 amide bonds. The summed E-state index contributed by atoms with van der Waals surface area (Å²) < 4.78 is 0. The molecule has 106 valence electrons. The van der Waals surface area contributed by atoms with Crippen molar-refractivity contribution in [3.63, 3.8) is 0 Å². The molecule has 0 aliphatic carbocycles. The van der Waals surface area contributed by atoms with E-state index in [9.17, 15) is 9.59 Å². The van der Waals surface area contributed by atoms with Crippen molar-refractivity contribution in [2.24, 2.45) is 5.73 Å². The Labute approximate surface area is 121 Å². The second-order valence-electron chi connectivity index (χ2n) is 4.17. The van der Waals surface area contributed by atoms with Crippen molar-refractivity contribution in [1.82, 2.24) is 9.97 Å². The van der Waals surface area contributed by atoms with Crippen LogP contribution in [0.15, 0.2) is 27.3 Å². The van der Waals surface area contributed by atoms with E-state index in [1.54, 1.807) is 6.07 Å². The summed E-state index contributed by atoms with van der Waals surface area (Å²) in [6.07, 6.45) is 1.59. The van der Waals surface area contributed by atoms with E-state index in [1.807, 2.05) is 6.92 Å². The van der Waals surface area contributed by atoms with E-state index >= 15 is 0 Å². The number of nitrogens with two attached hydrogens (primary N) is 1. The fourth-order valence-corrected chi connectivity index (χ4v) is 2.28. The Balaban J connectivity index is 2.81. The Hall–Kier alpha value is -2.07. The van der Waals surface area contributed by atoms with Crippen molar-refractivity contribution in [2.45, 2.75) is 31.8 Å². The van der Waals surface area contributed by atoms with E-state index in [2.05, 4.69) is 9.97 Å². The molecule has 1 rings (SSSR count). The van der Waals surface area contributed by atoms with Crippen molar-refractivity contribution in [1.29, 1.82) is 5.26 Å². The molecule has 0 bridgehead atoms. The van der Waals surface area contributed by atoms with Gasteiger partial charge in [-0.2, -0.15) is 5.26 Å². The summed E-state index contributed by atoms with van der Waals surface area (Å²) in [5.41, 5.74) is 6.05. The van der Waals surface area contributed by atoms with Crippen LogP contribution in [0.3, 0.4) is 0 Å². The molecule has 0 fully saturated rings. The minimum Gasteiger partial charge on any atom is -0.401 e. The summed E-state index contributed by atoms with van der Waals surface area (Å²) >= 11 is 1.09. The third kappa shape index (κ3) is 4.55. The topological polar surface area (TPSA) is 113 Å². The quantitative estimate of drug-likeness (QED) is 0.352. The fraction of sp³-hybridized carbons (Fsp3) is 0.385. The molecule has 0 saturated heterocycles. The van der Waals surface area contributed by atoms with Crippen LogP contribution in [0.5, 0.6) is 0 Å². The number of carbonyl (C=O) groups excluding carboxylic acids is 1. The van der Waals surface area contributed by atoms with Crippen molar-refractivity contribution in [3.8, 4) is 6.07 Å². The Bertz CT molecular complexity index is 624. The van der Waals surface area contributed by atoms with Gasteiger partial charge in [-0.1, -0.05) is 25.1 Å². The van der Waals surface area contributed by atoms with Crippen LogP contribution >= 0.6 is 11.8 Å². The number of thioether (sulfide) groups is 1. The zero-order chi connectivity index (χ0) is 15.1. The minimum absolute atomic E-state index is 0.00987. The van der Waals surface area contributed by atoms with E-state index < -0.39 is 0 Å². The van der Waals surface area contributed by atoms with Gasteiger partial charge in [-0.25, -0.2) is 4.98 Å². The van der Waals surface area contributed by atoms with Crippen LogP contribution in [0.1, 0.15) is 26.0 Å². The first-order chi connectivity index (χ1) is 9.47. The highest BCUT2D eigenvalue weighted by Crippen LogP contribution is 2.14. The van der Waals surface area contributed by atoms with Crippen LogP contribution < -0.4 is 11.3 Å². The fourth-order valence-electron chi connectivity index (χ4n) is 1.51. The van der Waals surface area contributed by atoms with Gasteiger partial charge in [-0.15, -0.1) is 0 Å². The van der Waals surface area contributed by atoms with E-state index in [-0.39, 0.29) is 28.4 Å². The molecular formula is C13H16N4O2S. The van der Waals surface area contributed by atoms with Gasteiger partial charge in [0.1, 0.15) is 11.6 Å². The molecule has 20 heavy (non-hydrogen) atoms. The monoisotopic (exact) mass is 292 g/mol. The SMILES string of the molecule is CCCc1cc(=O)[nH]c(SCC(=O)/C(C#N)=C(\C)N)n1. The molecular weight excluding hydrogens is 276 g/mol. The third-order valence-corrected chi connectivity index (χ3v) is 3.28. The molecule has 1 aromatic rings. The number of nitrogens with one attached hydrogen (secondary N) is 1. The first-order valence-electron chi connectivity index (χ1n) is 6.10. The number of nitriles is 1. The maximum Gasteiger partial charge on any atom is 0.251 e. The van der Waals surface area contributed by atoms with Crippen molar-refractivity contribution in [2.75, 3.05) is 5.75 Å². The molecule has 0 aliphatic heterocycles. The number of allylic oxidation sites excluding steroid dienone is 2. The molecule has 7 heteroatoms. The van der Waals surface area contributed by atoms with Crippen LogP contribution in [-0.2, 0) is 11.2 Å². The Morgan fingerprint density at radius 1 is 1.60 bits per heavy atom. The molecule has 1 heterocycles. The number of aromatic amines is 1. The number of aromatic nitrogens is 2. The molecule has 3 N–H and O–H groups in total. The molecule has 0 atom stereocenters. The minimum atomic E-state index is -0.374. The first-order valence-corrected chi connectivity index (χ1v) is 7.09. The predicted octanol–water partition coefficient (Wildman–Crippen LogP) is 1.14. The van der Waals surface area contributed by atoms with Crippen LogP contribution in [-0.4, -0.2) is 21.5 Å². The highest BCUT2D eigenvalue weighted by atomic mass is 32.2. The smallest absolute Gasteiger partial charge is 0.251 e. The Kier molecular flexibility index (Phi) is 6.00. The molecule has 0 aliphatic rings. The highest BCUT2D eigenvalue weighted by Gasteiger charge is 2.13. The zero-order valence-electron chi connectivity index (χ0n) is 11.4. The zero-order valence-corrected chi connectivity index (χ0v) is 12.2. The van der Waals surface area contributed by atoms with Gasteiger partial charge >= 0.3 is 0 Å². The van der Waals surface area contributed by atoms with Gasteiger partial charge in [0.2, 0.25) is 0 Å². The maximum absolute atomic E-state index is 11.8. The second kappa shape index (κ2) is 7.50. The summed E-state index contributed by atoms with van der Waals surface area (Å²) in [4.78, 5) is 30.0. The highest BCUT2D eigenvalue weighted by molar-refractivity contribution is 7.99. The number of rotatable bonds is 6. The molecule has 0 unspecified atom stereocenters. The average Bonchev–Trinajstić information content (AvgIpc) is 2.36. The maximum atomic E-state index is 11.8. The number of hydrogen-bond donors (Lipinski definition) is 2. The van der Waals surface area contributed by atoms with Crippen LogP contribution in [0.25, 0.3) is 0 Å². The van der Waals surface area contributed by atoms with Gasteiger partial charge in [0.15, 0.2) is 10.9 Å². The van der Waals surface area contributed by atoms with Gasteiger partial charge in [0.05, 0.1) is 5.75 Å². The Morgan fingerprint density at radius 3 is 2.85 bits per heavy atom. The number of carbonyl (C=O) groups is 1. The number of ketones is 1. The lowest BCUT2D eigenvalue weighted by Gasteiger charge is -2.03. The van der Waals surface area contributed by atoms with E-state index in [4.69, 9.17) is 11.0 Å². The van der Waals surface area contributed by atoms with Gasteiger partial charge < -0.3 is 10.7 Å². The summed E-state index contributed by atoms with van der Waals surface area (Å²) in [6, 6.07) is 3.22. The number of nitrogens with zero attached hydrogens (tertiary/aromatic N) is 2. The molecule has 0 aromatic carbocycles. The molecule has 0 saturated carbocycles. The van der Waals surface area contributed by atoms with E-state index in [1.165, 1.54) is 13.0 Å². The van der Waals surface area contributed by atoms with Crippen LogP contribution in [0.4, 0.5) is 0 Å². The molecule has 0 radical (unpaired) electrons. The van der Waals surface area contributed by atoms with Crippen molar-refractivity contribution >= 4 is 17.5 Å². The van der Waals surface area contributed by atoms with Gasteiger partial charge in [0.25, 0.3) is 5.56 Å². The Morgan fingerprint density at radius 2 is 2.30 bits per heavy atom. The van der Waals surface area contributed by atoms with Crippen molar-refractivity contribution < 1.29 is 4.79 Å². The van der Waals surface area contributed by atoms with E-state index in [0.717, 1.165) is 18.2 Å². The van der Waals surface area contributed by atoms with E-state index in [0.29, 0.717) is 17.3 Å². The third-order valence-electron chi connectivity index (χ3n) is 2.40. The largest absolute Gasteiger partial charge is 0.401 e. The lowest BCUT2D eigenvalue weighted by molar-refractivity contribution is -0.112. The number of Topliss-reactive ketones (excluding diaryl/α,β-unsaturated/α-hetero) is 1. The predicted molar refractivity (Wildman–Crippen MR) is 77.1 cm³/mol. The van der Waals surface area contributed by atoms with Crippen LogP contribution in [0.2, 0.25) is 0 Å². The molecule has 0 spiro atoms. The standard InChI is InChI=1S/C13H16N4O2S/c1-3-4-9-5-12(19)17-13(16-9)20-7-11(18)10(6-14)8(2)15/h5H,3-4,7,15H2,1-2H3,(H,16,17,19)/b10-8+. The average molecular weight is 292 g/mol. The number of aryl methyl sites for hydroxylation is 1. The lowest BCUT2D eigenvalue weighted by Crippen LogP contribution is -2.13.